The Morgan fingerprint density at radius 3 is 2.43 bits per heavy atom. The van der Waals surface area contributed by atoms with Crippen molar-refractivity contribution in [2.24, 2.45) is 11.8 Å². The fraction of sp³-hybridized carbons (Fsp3) is 0.652. The van der Waals surface area contributed by atoms with Crippen LogP contribution in [0, 0.1) is 11.8 Å². The monoisotopic (exact) mass is 418 g/mol. The Hall–Kier alpha value is -2.12. The number of hydrogen-bond donors (Lipinski definition) is 0. The molecule has 0 aromatic heterocycles. The Balaban J connectivity index is 1.81. The molecule has 1 aromatic rings. The van der Waals surface area contributed by atoms with Gasteiger partial charge in [0.2, 0.25) is 5.91 Å². The zero-order valence-electron chi connectivity index (χ0n) is 18.7. The number of hydrogen-bond acceptors (Lipinski definition) is 5. The maximum Gasteiger partial charge on any atom is 0.410 e. The Labute approximate surface area is 179 Å². The van der Waals surface area contributed by atoms with Crippen LogP contribution in [0.1, 0.15) is 39.2 Å². The van der Waals surface area contributed by atoms with Gasteiger partial charge in [-0.05, 0) is 44.6 Å². The molecular formula is C23H34N2O5. The van der Waals surface area contributed by atoms with Crippen molar-refractivity contribution in [1.29, 1.82) is 0 Å². The van der Waals surface area contributed by atoms with Crippen LogP contribution in [0.5, 0.6) is 0 Å². The third kappa shape index (κ3) is 5.13. The molecule has 0 saturated carbocycles. The third-order valence-electron chi connectivity index (χ3n) is 5.94. The number of methoxy groups -OCH3 is 2. The van der Waals surface area contributed by atoms with E-state index < -0.39 is 17.7 Å². The number of rotatable bonds is 6. The molecule has 0 aliphatic carbocycles. The average molecular weight is 419 g/mol. The number of carbonyl (C=O) groups excluding carboxylic acids is 2. The van der Waals surface area contributed by atoms with Crippen LogP contribution >= 0.6 is 0 Å². The summed E-state index contributed by atoms with van der Waals surface area (Å²) in [5.41, 5.74) is 0.467. The second-order valence-corrected chi connectivity index (χ2v) is 9.17. The number of piperidine rings is 1. The van der Waals surface area contributed by atoms with Crippen LogP contribution in [0.3, 0.4) is 0 Å². The van der Waals surface area contributed by atoms with Crippen LogP contribution < -0.4 is 0 Å². The topological polar surface area (TPSA) is 68.3 Å². The van der Waals surface area contributed by atoms with Gasteiger partial charge >= 0.3 is 6.09 Å². The first-order valence-electron chi connectivity index (χ1n) is 10.6. The highest BCUT2D eigenvalue weighted by atomic mass is 16.7. The Kier molecular flexibility index (Phi) is 7.03. The lowest BCUT2D eigenvalue weighted by Crippen LogP contribution is -2.54. The predicted octanol–water partition coefficient (Wildman–Crippen LogP) is 3.28. The van der Waals surface area contributed by atoms with Crippen LogP contribution in [0.4, 0.5) is 4.79 Å². The molecule has 2 saturated heterocycles. The molecular weight excluding hydrogens is 384 g/mol. The molecule has 30 heavy (non-hydrogen) atoms. The number of nitrogens with zero attached hydrogens (tertiary/aromatic N) is 2. The van der Waals surface area contributed by atoms with E-state index in [0.29, 0.717) is 26.1 Å². The highest BCUT2D eigenvalue weighted by Crippen LogP contribution is 2.40. The van der Waals surface area contributed by atoms with Crippen LogP contribution in [0.25, 0.3) is 0 Å². The molecule has 0 spiro atoms. The molecule has 2 aliphatic heterocycles. The summed E-state index contributed by atoms with van der Waals surface area (Å²) in [7, 11) is 3.22. The van der Waals surface area contributed by atoms with E-state index in [1.807, 2.05) is 56.0 Å². The maximum atomic E-state index is 13.5. The smallest absolute Gasteiger partial charge is 0.410 e. The number of benzene rings is 1. The standard InChI is InChI=1S/C23H34N2O5/c1-23(2,3)30-22(27)25-15-17(13-19(28-4)29-5)18-11-12-24(21(26)20(18)25)14-16-9-7-6-8-10-16/h6-10,17-20H,11-15H2,1-5H3/t17-,18-,20+/m1/s1. The average Bonchev–Trinajstić information content (AvgIpc) is 3.07. The van der Waals surface area contributed by atoms with Gasteiger partial charge in [0.25, 0.3) is 0 Å². The maximum absolute atomic E-state index is 13.5. The highest BCUT2D eigenvalue weighted by Gasteiger charge is 2.52. The summed E-state index contributed by atoms with van der Waals surface area (Å²) < 4.78 is 16.4. The lowest BCUT2D eigenvalue weighted by atomic mass is 9.82. The first-order valence-corrected chi connectivity index (χ1v) is 10.6. The minimum atomic E-state index is -0.617. The number of fused-ring (bicyclic) bond motifs is 1. The molecule has 2 heterocycles. The van der Waals surface area contributed by atoms with Crippen LogP contribution in [0.15, 0.2) is 30.3 Å². The van der Waals surface area contributed by atoms with Crippen molar-refractivity contribution in [1.82, 2.24) is 9.80 Å². The van der Waals surface area contributed by atoms with Gasteiger partial charge in [0.1, 0.15) is 11.6 Å². The van der Waals surface area contributed by atoms with E-state index in [1.165, 1.54) is 0 Å². The Morgan fingerprint density at radius 2 is 1.83 bits per heavy atom. The van der Waals surface area contributed by atoms with E-state index in [0.717, 1.165) is 12.0 Å². The summed E-state index contributed by atoms with van der Waals surface area (Å²) in [5.74, 6) is 0.190. The van der Waals surface area contributed by atoms with Gasteiger partial charge < -0.3 is 19.1 Å². The fourth-order valence-corrected chi connectivity index (χ4v) is 4.56. The number of ether oxygens (including phenoxy) is 3. The van der Waals surface area contributed by atoms with Crippen LogP contribution in [-0.4, -0.2) is 67.0 Å². The normalized spacial score (nSPS) is 24.3. The Bertz CT molecular complexity index is 729. The van der Waals surface area contributed by atoms with Crippen molar-refractivity contribution >= 4 is 12.0 Å². The summed E-state index contributed by atoms with van der Waals surface area (Å²) in [6.07, 6.45) is 0.695. The van der Waals surface area contributed by atoms with Crippen molar-refractivity contribution in [2.75, 3.05) is 27.3 Å². The molecule has 7 heteroatoms. The van der Waals surface area contributed by atoms with Gasteiger partial charge in [-0.2, -0.15) is 0 Å². The predicted molar refractivity (Wildman–Crippen MR) is 113 cm³/mol. The molecule has 0 unspecified atom stereocenters. The first kappa shape index (κ1) is 22.6. The van der Waals surface area contributed by atoms with Gasteiger partial charge in [-0.15, -0.1) is 0 Å². The lowest BCUT2D eigenvalue weighted by molar-refractivity contribution is -0.142. The molecule has 1 aromatic carbocycles. The minimum absolute atomic E-state index is 0.00477. The zero-order chi connectivity index (χ0) is 21.9. The molecule has 0 radical (unpaired) electrons. The second kappa shape index (κ2) is 9.35. The van der Waals surface area contributed by atoms with E-state index >= 15 is 0 Å². The number of likely N-dealkylation sites (tertiary alicyclic amines) is 2. The molecule has 2 amide bonds. The zero-order valence-corrected chi connectivity index (χ0v) is 18.7. The highest BCUT2D eigenvalue weighted by molar-refractivity contribution is 5.87. The SMILES string of the molecule is COC(C[C@@H]1CN(C(=O)OC(C)(C)C)[C@@H]2C(=O)N(Cc3ccccc3)CC[C@H]12)OC. The molecule has 2 aliphatic rings. The molecule has 166 valence electrons. The minimum Gasteiger partial charge on any atom is -0.444 e. The molecule has 7 nitrogen and oxygen atoms in total. The van der Waals surface area contributed by atoms with E-state index in [2.05, 4.69) is 0 Å². The second-order valence-electron chi connectivity index (χ2n) is 9.17. The van der Waals surface area contributed by atoms with E-state index in [1.54, 1.807) is 19.1 Å². The summed E-state index contributed by atoms with van der Waals surface area (Å²) in [4.78, 5) is 29.9. The van der Waals surface area contributed by atoms with E-state index in [4.69, 9.17) is 14.2 Å². The number of carbonyl (C=O) groups is 2. The molecule has 3 atom stereocenters. The van der Waals surface area contributed by atoms with Crippen molar-refractivity contribution in [3.63, 3.8) is 0 Å². The van der Waals surface area contributed by atoms with Crippen molar-refractivity contribution in [2.45, 2.75) is 58.1 Å². The quantitative estimate of drug-likeness (QED) is 0.663. The summed E-state index contributed by atoms with van der Waals surface area (Å²) in [6.45, 7) is 7.22. The molecule has 3 rings (SSSR count). The molecule has 0 bridgehead atoms. The molecule has 0 N–H and O–H groups in total. The Morgan fingerprint density at radius 1 is 1.17 bits per heavy atom. The van der Waals surface area contributed by atoms with Crippen molar-refractivity contribution in [3.05, 3.63) is 35.9 Å². The number of amides is 2. The largest absolute Gasteiger partial charge is 0.444 e. The summed E-state index contributed by atoms with van der Waals surface area (Å²) >= 11 is 0. The van der Waals surface area contributed by atoms with Crippen molar-refractivity contribution < 1.29 is 23.8 Å². The van der Waals surface area contributed by atoms with Gasteiger partial charge in [0, 0.05) is 40.3 Å². The molecule has 2 fully saturated rings. The summed E-state index contributed by atoms with van der Waals surface area (Å²) in [5, 5.41) is 0. The van der Waals surface area contributed by atoms with Crippen LogP contribution in [-0.2, 0) is 25.5 Å². The fourth-order valence-electron chi connectivity index (χ4n) is 4.56. The van der Waals surface area contributed by atoms with Gasteiger partial charge in [-0.1, -0.05) is 30.3 Å². The summed E-state index contributed by atoms with van der Waals surface area (Å²) in [6, 6.07) is 9.44. The van der Waals surface area contributed by atoms with E-state index in [-0.39, 0.29) is 24.0 Å². The van der Waals surface area contributed by atoms with Gasteiger partial charge in [0.15, 0.2) is 6.29 Å². The van der Waals surface area contributed by atoms with Crippen LogP contribution in [0.2, 0.25) is 0 Å². The first-order chi connectivity index (χ1) is 14.2. The lowest BCUT2D eigenvalue weighted by Gasteiger charge is -2.38. The van der Waals surface area contributed by atoms with E-state index in [9.17, 15) is 9.59 Å². The third-order valence-corrected chi connectivity index (χ3v) is 5.94. The van der Waals surface area contributed by atoms with Gasteiger partial charge in [-0.3, -0.25) is 9.69 Å². The van der Waals surface area contributed by atoms with Crippen molar-refractivity contribution in [3.8, 4) is 0 Å². The van der Waals surface area contributed by atoms with Gasteiger partial charge in [0.05, 0.1) is 0 Å². The van der Waals surface area contributed by atoms with Gasteiger partial charge in [-0.25, -0.2) is 4.79 Å².